The molecule has 112 valence electrons. The maximum absolute atomic E-state index is 10.3. The van der Waals surface area contributed by atoms with Gasteiger partial charge in [-0.05, 0) is 79.4 Å². The molecule has 4 fully saturated rings. The second kappa shape index (κ2) is 5.15. The largest absolute Gasteiger partial charge is 0.493 e. The molecule has 0 radical (unpaired) electrons. The van der Waals surface area contributed by atoms with E-state index < -0.39 is 0 Å². The fraction of sp³-hybridized carbons (Fsp3) is 0.632. The molecule has 4 bridgehead atoms. The summed E-state index contributed by atoms with van der Waals surface area (Å²) in [5.41, 5.74) is 2.00. The number of hydrogen-bond donors (Lipinski definition) is 0. The molecule has 4 aliphatic carbocycles. The number of rotatable bonds is 5. The first-order valence-corrected chi connectivity index (χ1v) is 8.44. The van der Waals surface area contributed by atoms with Crippen LogP contribution in [0.4, 0.5) is 0 Å². The molecule has 0 N–H and O–H groups in total. The number of carbonyl (C=O) groups excluding carboxylic acids is 1. The molecular formula is C19H24O2. The summed E-state index contributed by atoms with van der Waals surface area (Å²) in [7, 11) is 0. The van der Waals surface area contributed by atoms with E-state index in [-0.39, 0.29) is 0 Å². The summed E-state index contributed by atoms with van der Waals surface area (Å²) in [5, 5.41) is 0. The van der Waals surface area contributed by atoms with E-state index in [1.807, 2.05) is 0 Å². The van der Waals surface area contributed by atoms with E-state index >= 15 is 0 Å². The van der Waals surface area contributed by atoms with E-state index in [1.165, 1.54) is 44.1 Å². The van der Waals surface area contributed by atoms with Crippen molar-refractivity contribution in [1.29, 1.82) is 0 Å². The first kappa shape index (κ1) is 13.4. The van der Waals surface area contributed by atoms with Crippen LogP contribution in [-0.2, 0) is 10.2 Å². The molecule has 1 aromatic rings. The molecule has 4 saturated carbocycles. The second-order valence-electron chi connectivity index (χ2n) is 7.53. The molecule has 0 saturated heterocycles. The first-order chi connectivity index (χ1) is 10.3. The highest BCUT2D eigenvalue weighted by atomic mass is 16.5. The van der Waals surface area contributed by atoms with Gasteiger partial charge in [0.15, 0.2) is 0 Å². The van der Waals surface area contributed by atoms with Crippen LogP contribution < -0.4 is 4.74 Å². The fourth-order valence-electron chi connectivity index (χ4n) is 5.59. The van der Waals surface area contributed by atoms with Gasteiger partial charge in [-0.3, -0.25) is 0 Å². The van der Waals surface area contributed by atoms with Gasteiger partial charge in [0.25, 0.3) is 0 Å². The average Bonchev–Trinajstić information content (AvgIpc) is 2.47. The molecule has 0 amide bonds. The summed E-state index contributed by atoms with van der Waals surface area (Å²) >= 11 is 0. The third kappa shape index (κ3) is 2.39. The lowest BCUT2D eigenvalue weighted by Crippen LogP contribution is -2.48. The van der Waals surface area contributed by atoms with Crippen molar-refractivity contribution in [2.75, 3.05) is 6.61 Å². The summed E-state index contributed by atoms with van der Waals surface area (Å²) in [6, 6.07) is 8.75. The summed E-state index contributed by atoms with van der Waals surface area (Å²) in [6.07, 6.45) is 10.1. The highest BCUT2D eigenvalue weighted by Gasteiger charge is 2.51. The molecule has 21 heavy (non-hydrogen) atoms. The van der Waals surface area contributed by atoms with E-state index in [0.29, 0.717) is 18.4 Å². The Morgan fingerprint density at radius 3 is 2.10 bits per heavy atom. The van der Waals surface area contributed by atoms with Crippen LogP contribution in [-0.4, -0.2) is 12.9 Å². The highest BCUT2D eigenvalue weighted by molar-refractivity contribution is 5.49. The van der Waals surface area contributed by atoms with E-state index in [4.69, 9.17) is 4.74 Å². The summed E-state index contributed by atoms with van der Waals surface area (Å²) < 4.78 is 5.59. The molecule has 5 rings (SSSR count). The lowest BCUT2D eigenvalue weighted by molar-refractivity contribution is -0.108. The zero-order chi connectivity index (χ0) is 14.3. The van der Waals surface area contributed by atoms with Gasteiger partial charge in [0, 0.05) is 6.42 Å². The van der Waals surface area contributed by atoms with Crippen molar-refractivity contribution >= 4 is 6.29 Å². The zero-order valence-electron chi connectivity index (χ0n) is 12.6. The van der Waals surface area contributed by atoms with Crippen molar-refractivity contribution in [1.82, 2.24) is 0 Å². The molecular weight excluding hydrogens is 260 g/mol. The minimum Gasteiger partial charge on any atom is -0.493 e. The molecule has 0 atom stereocenters. The third-order valence-electron chi connectivity index (χ3n) is 6.01. The summed E-state index contributed by atoms with van der Waals surface area (Å²) in [5.74, 6) is 3.85. The average molecular weight is 284 g/mol. The number of aldehydes is 1. The molecule has 0 aliphatic heterocycles. The normalized spacial score (nSPS) is 36.7. The van der Waals surface area contributed by atoms with Crippen molar-refractivity contribution in [3.05, 3.63) is 29.8 Å². The molecule has 0 unspecified atom stereocenters. The standard InChI is InChI=1S/C19H24O2/c20-6-1-7-21-18-4-2-17(3-5-18)19-11-14-8-15(12-19)10-16(9-14)13-19/h2-6,14-16H,1,7-13H2. The highest BCUT2D eigenvalue weighted by Crippen LogP contribution is 2.60. The van der Waals surface area contributed by atoms with Gasteiger partial charge in [-0.25, -0.2) is 0 Å². The first-order valence-electron chi connectivity index (χ1n) is 8.44. The fourth-order valence-corrected chi connectivity index (χ4v) is 5.59. The predicted molar refractivity (Wildman–Crippen MR) is 82.5 cm³/mol. The van der Waals surface area contributed by atoms with Crippen molar-refractivity contribution in [2.24, 2.45) is 17.8 Å². The summed E-state index contributed by atoms with van der Waals surface area (Å²) in [4.78, 5) is 10.3. The van der Waals surface area contributed by atoms with Gasteiger partial charge < -0.3 is 9.53 Å². The van der Waals surface area contributed by atoms with E-state index in [1.54, 1.807) is 0 Å². The van der Waals surface area contributed by atoms with Crippen molar-refractivity contribution in [3.8, 4) is 5.75 Å². The lowest BCUT2D eigenvalue weighted by Gasteiger charge is -2.57. The molecule has 4 aliphatic rings. The van der Waals surface area contributed by atoms with Gasteiger partial charge in [-0.1, -0.05) is 12.1 Å². The number of ether oxygens (including phenoxy) is 1. The third-order valence-corrected chi connectivity index (χ3v) is 6.01. The molecule has 2 nitrogen and oxygen atoms in total. The molecule has 0 spiro atoms. The Morgan fingerprint density at radius 1 is 1.00 bits per heavy atom. The Bertz CT molecular complexity index is 482. The number of hydrogen-bond acceptors (Lipinski definition) is 2. The van der Waals surface area contributed by atoms with E-state index in [9.17, 15) is 4.79 Å². The van der Waals surface area contributed by atoms with Crippen LogP contribution in [0.1, 0.15) is 50.5 Å². The number of benzene rings is 1. The van der Waals surface area contributed by atoms with Gasteiger partial charge in [0.1, 0.15) is 12.0 Å². The van der Waals surface area contributed by atoms with Crippen molar-refractivity contribution < 1.29 is 9.53 Å². The minimum absolute atomic E-state index is 0.468. The Morgan fingerprint density at radius 2 is 1.57 bits per heavy atom. The van der Waals surface area contributed by atoms with Gasteiger partial charge in [0.05, 0.1) is 6.61 Å². The maximum atomic E-state index is 10.3. The molecule has 2 heteroatoms. The van der Waals surface area contributed by atoms with Gasteiger partial charge in [0.2, 0.25) is 0 Å². The minimum atomic E-state index is 0.468. The van der Waals surface area contributed by atoms with Crippen LogP contribution in [0.25, 0.3) is 0 Å². The number of carbonyl (C=O) groups is 1. The SMILES string of the molecule is O=CCCOc1ccc(C23CC4CC(CC(C4)C2)C3)cc1. The summed E-state index contributed by atoms with van der Waals surface area (Å²) in [6.45, 7) is 0.486. The predicted octanol–water partition coefficient (Wildman–Crippen LogP) is 4.12. The second-order valence-corrected chi connectivity index (χ2v) is 7.53. The van der Waals surface area contributed by atoms with Crippen molar-refractivity contribution in [2.45, 2.75) is 50.4 Å². The van der Waals surface area contributed by atoms with Crippen LogP contribution in [0.2, 0.25) is 0 Å². The van der Waals surface area contributed by atoms with E-state index in [2.05, 4.69) is 24.3 Å². The van der Waals surface area contributed by atoms with Gasteiger partial charge >= 0.3 is 0 Å². The van der Waals surface area contributed by atoms with Crippen LogP contribution in [0.3, 0.4) is 0 Å². The topological polar surface area (TPSA) is 26.3 Å². The Labute approximate surface area is 126 Å². The Hall–Kier alpha value is -1.31. The molecule has 0 aromatic heterocycles. The van der Waals surface area contributed by atoms with E-state index in [0.717, 1.165) is 29.8 Å². The zero-order valence-corrected chi connectivity index (χ0v) is 12.6. The smallest absolute Gasteiger partial charge is 0.123 e. The molecule has 1 aromatic carbocycles. The van der Waals surface area contributed by atoms with Crippen LogP contribution in [0, 0.1) is 17.8 Å². The maximum Gasteiger partial charge on any atom is 0.123 e. The Kier molecular flexibility index (Phi) is 3.28. The monoisotopic (exact) mass is 284 g/mol. The molecule has 0 heterocycles. The van der Waals surface area contributed by atoms with Gasteiger partial charge in [-0.15, -0.1) is 0 Å². The van der Waals surface area contributed by atoms with Gasteiger partial charge in [-0.2, -0.15) is 0 Å². The van der Waals surface area contributed by atoms with Crippen LogP contribution in [0.5, 0.6) is 5.75 Å². The lowest BCUT2D eigenvalue weighted by atomic mass is 9.48. The Balaban J connectivity index is 1.52. The van der Waals surface area contributed by atoms with Crippen LogP contribution >= 0.6 is 0 Å². The van der Waals surface area contributed by atoms with Crippen LogP contribution in [0.15, 0.2) is 24.3 Å². The quantitative estimate of drug-likeness (QED) is 0.600. The van der Waals surface area contributed by atoms with Crippen molar-refractivity contribution in [3.63, 3.8) is 0 Å².